The van der Waals surface area contributed by atoms with Gasteiger partial charge in [0.2, 0.25) is 15.9 Å². The molecule has 2 aromatic rings. The molecule has 1 saturated heterocycles. The third-order valence-electron chi connectivity index (χ3n) is 4.54. The summed E-state index contributed by atoms with van der Waals surface area (Å²) in [6.45, 7) is 0.374. The zero-order valence-electron chi connectivity index (χ0n) is 14.6. The number of carbonyl (C=O) groups is 1. The molecule has 1 atom stereocenters. The van der Waals surface area contributed by atoms with E-state index in [1.165, 1.54) is 52.8 Å². The Morgan fingerprint density at radius 2 is 1.78 bits per heavy atom. The van der Waals surface area contributed by atoms with Crippen molar-refractivity contribution in [1.29, 1.82) is 0 Å². The molecule has 0 spiro atoms. The highest BCUT2D eigenvalue weighted by Crippen LogP contribution is 2.28. The van der Waals surface area contributed by atoms with E-state index in [0.29, 0.717) is 23.7 Å². The van der Waals surface area contributed by atoms with E-state index in [9.17, 15) is 17.6 Å². The first-order valence-corrected chi connectivity index (χ1v) is 10.5. The molecular formula is C19H20ClFN2O3S. The van der Waals surface area contributed by atoms with E-state index in [-0.39, 0.29) is 23.0 Å². The summed E-state index contributed by atoms with van der Waals surface area (Å²) in [5.41, 5.74) is 0.476. The number of halogens is 2. The van der Waals surface area contributed by atoms with Gasteiger partial charge in [0.25, 0.3) is 0 Å². The average molecular weight is 411 g/mol. The Morgan fingerprint density at radius 1 is 1.11 bits per heavy atom. The number of rotatable bonds is 5. The molecule has 0 aromatic heterocycles. The lowest BCUT2D eigenvalue weighted by Crippen LogP contribution is -2.45. The Hall–Kier alpha value is -1.96. The van der Waals surface area contributed by atoms with Crippen molar-refractivity contribution in [2.45, 2.75) is 36.6 Å². The maximum atomic E-state index is 13.0. The van der Waals surface area contributed by atoms with Gasteiger partial charge in [0.05, 0.1) is 4.90 Å². The lowest BCUT2D eigenvalue weighted by molar-refractivity contribution is -0.117. The van der Waals surface area contributed by atoms with Crippen molar-refractivity contribution in [2.24, 2.45) is 0 Å². The smallest absolute Gasteiger partial charge is 0.243 e. The van der Waals surface area contributed by atoms with Crippen LogP contribution in [0, 0.1) is 5.82 Å². The molecule has 0 saturated carbocycles. The van der Waals surface area contributed by atoms with Crippen LogP contribution in [-0.2, 0) is 14.8 Å². The average Bonchev–Trinajstić information content (AvgIpc) is 2.64. The maximum absolute atomic E-state index is 13.0. The fourth-order valence-corrected chi connectivity index (χ4v) is 5.01. The van der Waals surface area contributed by atoms with Gasteiger partial charge in [-0.1, -0.05) is 18.0 Å². The summed E-state index contributed by atoms with van der Waals surface area (Å²) in [5.74, 6) is -0.690. The lowest BCUT2D eigenvalue weighted by atomic mass is 10.0. The Labute approximate surface area is 163 Å². The topological polar surface area (TPSA) is 66.5 Å². The van der Waals surface area contributed by atoms with Crippen LogP contribution in [0.3, 0.4) is 0 Å². The molecule has 1 unspecified atom stereocenters. The van der Waals surface area contributed by atoms with E-state index in [2.05, 4.69) is 5.32 Å². The van der Waals surface area contributed by atoms with Crippen LogP contribution in [0.5, 0.6) is 0 Å². The molecular weight excluding hydrogens is 391 g/mol. The van der Waals surface area contributed by atoms with Crippen LogP contribution < -0.4 is 5.32 Å². The molecule has 1 aliphatic heterocycles. The van der Waals surface area contributed by atoms with E-state index in [1.807, 2.05) is 0 Å². The molecule has 5 nitrogen and oxygen atoms in total. The van der Waals surface area contributed by atoms with Gasteiger partial charge < -0.3 is 5.32 Å². The van der Waals surface area contributed by atoms with Gasteiger partial charge in [-0.3, -0.25) is 4.79 Å². The first-order valence-electron chi connectivity index (χ1n) is 8.69. The number of hydrogen-bond acceptors (Lipinski definition) is 3. The first-order chi connectivity index (χ1) is 12.9. The SMILES string of the molecule is O=C(CC1CCCCN1S(=O)(=O)c1ccc(Cl)cc1)Nc1ccc(F)cc1. The number of benzene rings is 2. The van der Waals surface area contributed by atoms with Crippen LogP contribution >= 0.6 is 11.6 Å². The highest BCUT2D eigenvalue weighted by molar-refractivity contribution is 7.89. The van der Waals surface area contributed by atoms with Crippen molar-refractivity contribution < 1.29 is 17.6 Å². The van der Waals surface area contributed by atoms with Gasteiger partial charge >= 0.3 is 0 Å². The summed E-state index contributed by atoms with van der Waals surface area (Å²) in [5, 5.41) is 3.15. The predicted octanol–water partition coefficient (Wildman–Crippen LogP) is 4.05. The molecule has 1 fully saturated rings. The Morgan fingerprint density at radius 3 is 2.44 bits per heavy atom. The normalized spacial score (nSPS) is 18.2. The maximum Gasteiger partial charge on any atom is 0.243 e. The second kappa shape index (κ2) is 8.37. The molecule has 8 heteroatoms. The molecule has 1 heterocycles. The number of amides is 1. The summed E-state index contributed by atoms with van der Waals surface area (Å²) in [6.07, 6.45) is 2.28. The van der Waals surface area contributed by atoms with Gasteiger partial charge in [-0.25, -0.2) is 12.8 Å². The van der Waals surface area contributed by atoms with Crippen LogP contribution in [0.15, 0.2) is 53.4 Å². The third-order valence-corrected chi connectivity index (χ3v) is 6.76. The van der Waals surface area contributed by atoms with Crippen molar-refractivity contribution >= 4 is 33.2 Å². The van der Waals surface area contributed by atoms with Crippen molar-refractivity contribution in [3.8, 4) is 0 Å². The number of sulfonamides is 1. The minimum Gasteiger partial charge on any atom is -0.326 e. The van der Waals surface area contributed by atoms with Crippen LogP contribution in [-0.4, -0.2) is 31.2 Å². The molecule has 1 aliphatic rings. The molecule has 1 N–H and O–H groups in total. The summed E-state index contributed by atoms with van der Waals surface area (Å²) >= 11 is 5.85. The number of carbonyl (C=O) groups excluding carboxylic acids is 1. The molecule has 144 valence electrons. The van der Waals surface area contributed by atoms with Gasteiger partial charge in [0, 0.05) is 29.7 Å². The zero-order valence-corrected chi connectivity index (χ0v) is 16.1. The van der Waals surface area contributed by atoms with E-state index in [4.69, 9.17) is 11.6 Å². The van der Waals surface area contributed by atoms with Crippen molar-refractivity contribution in [3.63, 3.8) is 0 Å². The molecule has 2 aromatic carbocycles. The van der Waals surface area contributed by atoms with E-state index in [1.54, 1.807) is 0 Å². The van der Waals surface area contributed by atoms with Crippen LogP contribution in [0.25, 0.3) is 0 Å². The summed E-state index contributed by atoms with van der Waals surface area (Å²) in [4.78, 5) is 12.5. The molecule has 1 amide bonds. The lowest BCUT2D eigenvalue weighted by Gasteiger charge is -2.34. The van der Waals surface area contributed by atoms with Gasteiger partial charge in [0.1, 0.15) is 5.82 Å². The summed E-state index contributed by atoms with van der Waals surface area (Å²) in [6, 6.07) is 11.1. The molecule has 0 bridgehead atoms. The Kier molecular flexibility index (Phi) is 6.14. The fourth-order valence-electron chi connectivity index (χ4n) is 3.20. The number of hydrogen-bond donors (Lipinski definition) is 1. The highest BCUT2D eigenvalue weighted by atomic mass is 35.5. The Balaban J connectivity index is 1.73. The van der Waals surface area contributed by atoms with Crippen molar-refractivity contribution in [2.75, 3.05) is 11.9 Å². The second-order valence-electron chi connectivity index (χ2n) is 6.48. The second-order valence-corrected chi connectivity index (χ2v) is 8.81. The van der Waals surface area contributed by atoms with Crippen molar-refractivity contribution in [1.82, 2.24) is 4.31 Å². The monoisotopic (exact) mass is 410 g/mol. The third kappa shape index (κ3) is 4.86. The van der Waals surface area contributed by atoms with E-state index >= 15 is 0 Å². The predicted molar refractivity (Wildman–Crippen MR) is 103 cm³/mol. The van der Waals surface area contributed by atoms with Crippen LogP contribution in [0.4, 0.5) is 10.1 Å². The largest absolute Gasteiger partial charge is 0.326 e. The van der Waals surface area contributed by atoms with Gasteiger partial charge in [0.15, 0.2) is 0 Å². The Bertz CT molecular complexity index is 902. The molecule has 27 heavy (non-hydrogen) atoms. The van der Waals surface area contributed by atoms with Crippen LogP contribution in [0.1, 0.15) is 25.7 Å². The highest BCUT2D eigenvalue weighted by Gasteiger charge is 2.34. The minimum atomic E-state index is -3.71. The zero-order chi connectivity index (χ0) is 19.4. The number of nitrogens with zero attached hydrogens (tertiary/aromatic N) is 1. The molecule has 0 aliphatic carbocycles. The molecule has 0 radical (unpaired) electrons. The number of nitrogens with one attached hydrogen (secondary N) is 1. The first kappa shape index (κ1) is 19.8. The van der Waals surface area contributed by atoms with E-state index in [0.717, 1.165) is 12.8 Å². The van der Waals surface area contributed by atoms with Gasteiger partial charge in [-0.15, -0.1) is 0 Å². The van der Waals surface area contributed by atoms with Gasteiger partial charge in [-0.05, 0) is 61.4 Å². The quantitative estimate of drug-likeness (QED) is 0.808. The van der Waals surface area contributed by atoms with Gasteiger partial charge in [-0.2, -0.15) is 4.31 Å². The fraction of sp³-hybridized carbons (Fsp3) is 0.316. The minimum absolute atomic E-state index is 0.0458. The summed E-state index contributed by atoms with van der Waals surface area (Å²) in [7, 11) is -3.71. The van der Waals surface area contributed by atoms with Crippen LogP contribution in [0.2, 0.25) is 5.02 Å². The number of anilines is 1. The van der Waals surface area contributed by atoms with E-state index < -0.39 is 16.1 Å². The summed E-state index contributed by atoms with van der Waals surface area (Å²) < 4.78 is 40.4. The number of piperidine rings is 1. The standard InChI is InChI=1S/C19H20ClFN2O3S/c20-14-4-10-18(11-5-14)27(25,26)23-12-2-1-3-17(23)13-19(24)22-16-8-6-15(21)7-9-16/h4-11,17H,1-3,12-13H2,(H,22,24). The molecule has 3 rings (SSSR count). The van der Waals surface area contributed by atoms with Crippen molar-refractivity contribution in [3.05, 3.63) is 59.4 Å².